The van der Waals surface area contributed by atoms with Crippen LogP contribution in [0.1, 0.15) is 6.42 Å². The zero-order valence-corrected chi connectivity index (χ0v) is 10.3. The van der Waals surface area contributed by atoms with Gasteiger partial charge in [-0.2, -0.15) is 11.8 Å². The fourth-order valence-electron chi connectivity index (χ4n) is 0.904. The van der Waals surface area contributed by atoms with Crippen molar-refractivity contribution in [1.82, 2.24) is 10.2 Å². The lowest BCUT2D eigenvalue weighted by Gasteiger charge is -2.17. The molecule has 0 saturated carbocycles. The number of carboxylic acid groups (broad SMARTS) is 1. The molecule has 0 aliphatic heterocycles. The molecule has 2 amide bonds. The van der Waals surface area contributed by atoms with Crippen molar-refractivity contribution in [2.45, 2.75) is 12.5 Å². The Morgan fingerprint density at radius 3 is 2.62 bits per heavy atom. The van der Waals surface area contributed by atoms with Crippen LogP contribution in [0.25, 0.3) is 0 Å². The number of hydrogen-bond acceptors (Lipinski definition) is 4. The number of rotatable bonds is 7. The normalized spacial score (nSPS) is 11.9. The average molecular weight is 250 g/mol. The predicted octanol–water partition coefficient (Wildman–Crippen LogP) is -0.174. The highest BCUT2D eigenvalue weighted by Gasteiger charge is 2.13. The fraction of sp³-hybridized carbons (Fsp3) is 0.778. The summed E-state index contributed by atoms with van der Waals surface area (Å²) < 4.78 is 0. The molecule has 0 aliphatic carbocycles. The van der Waals surface area contributed by atoms with Gasteiger partial charge in [0.05, 0.1) is 0 Å². The minimum absolute atomic E-state index is 0.0114. The van der Waals surface area contributed by atoms with E-state index in [1.54, 1.807) is 18.8 Å². The first kappa shape index (κ1) is 15.0. The van der Waals surface area contributed by atoms with Crippen LogP contribution in [0.4, 0.5) is 4.79 Å². The number of carbonyl (C=O) groups excluding carboxylic acids is 1. The second-order valence-electron chi connectivity index (χ2n) is 3.29. The minimum atomic E-state index is -1.42. The van der Waals surface area contributed by atoms with E-state index < -0.39 is 12.1 Å². The first-order valence-electron chi connectivity index (χ1n) is 4.87. The molecule has 0 bridgehead atoms. The molecule has 0 rings (SSSR count). The van der Waals surface area contributed by atoms with Crippen LogP contribution < -0.4 is 5.32 Å². The standard InChI is InChI=1S/C9H18N2O4S/c1-11(5-6-16-2)9(15)10-4-3-7(12)8(13)14/h7,12H,3-6H2,1-2H3,(H,10,15)(H,13,14). The summed E-state index contributed by atoms with van der Waals surface area (Å²) in [5, 5.41) is 19.9. The SMILES string of the molecule is CSCCN(C)C(=O)NCCC(O)C(=O)O. The summed E-state index contributed by atoms with van der Waals surface area (Å²) in [6, 6.07) is -0.258. The Kier molecular flexibility index (Phi) is 7.74. The third-order valence-electron chi connectivity index (χ3n) is 1.96. The Bertz CT molecular complexity index is 238. The molecule has 94 valence electrons. The number of hydrogen-bond donors (Lipinski definition) is 3. The third kappa shape index (κ3) is 6.52. The molecule has 16 heavy (non-hydrogen) atoms. The number of amides is 2. The zero-order chi connectivity index (χ0) is 12.6. The number of thioether (sulfide) groups is 1. The van der Waals surface area contributed by atoms with Gasteiger partial charge in [-0.05, 0) is 6.26 Å². The van der Waals surface area contributed by atoms with Crippen molar-refractivity contribution in [3.8, 4) is 0 Å². The van der Waals surface area contributed by atoms with Gasteiger partial charge in [0.2, 0.25) is 0 Å². The Balaban J connectivity index is 3.68. The lowest BCUT2D eigenvalue weighted by Crippen LogP contribution is -2.40. The highest BCUT2D eigenvalue weighted by molar-refractivity contribution is 7.98. The average Bonchev–Trinajstić information content (AvgIpc) is 2.25. The summed E-state index contributed by atoms with van der Waals surface area (Å²) in [5.41, 5.74) is 0. The monoisotopic (exact) mass is 250 g/mol. The smallest absolute Gasteiger partial charge is 0.332 e. The molecule has 0 aromatic carbocycles. The van der Waals surface area contributed by atoms with Crippen molar-refractivity contribution < 1.29 is 19.8 Å². The molecule has 0 aromatic heterocycles. The quantitative estimate of drug-likeness (QED) is 0.583. The molecular weight excluding hydrogens is 232 g/mol. The van der Waals surface area contributed by atoms with E-state index in [0.29, 0.717) is 6.54 Å². The summed E-state index contributed by atoms with van der Waals surface area (Å²) in [6.07, 6.45) is 0.545. The molecule has 0 aliphatic rings. The molecule has 0 fully saturated rings. The minimum Gasteiger partial charge on any atom is -0.479 e. The van der Waals surface area contributed by atoms with Gasteiger partial charge in [0, 0.05) is 32.3 Å². The highest BCUT2D eigenvalue weighted by atomic mass is 32.2. The molecule has 3 N–H and O–H groups in total. The van der Waals surface area contributed by atoms with E-state index in [-0.39, 0.29) is 19.0 Å². The van der Waals surface area contributed by atoms with E-state index in [9.17, 15) is 9.59 Å². The van der Waals surface area contributed by atoms with Gasteiger partial charge in [0.15, 0.2) is 6.10 Å². The predicted molar refractivity (Wildman–Crippen MR) is 62.7 cm³/mol. The van der Waals surface area contributed by atoms with E-state index in [1.165, 1.54) is 4.90 Å². The number of aliphatic hydroxyl groups excluding tert-OH is 1. The first-order chi connectivity index (χ1) is 7.49. The maximum Gasteiger partial charge on any atom is 0.332 e. The van der Waals surface area contributed by atoms with Gasteiger partial charge < -0.3 is 20.4 Å². The molecule has 0 radical (unpaired) electrons. The highest BCUT2D eigenvalue weighted by Crippen LogP contribution is 1.94. The number of aliphatic hydroxyl groups is 1. The number of urea groups is 1. The van der Waals surface area contributed by atoms with Gasteiger partial charge >= 0.3 is 12.0 Å². The Hall–Kier alpha value is -0.950. The number of aliphatic carboxylic acids is 1. The molecule has 1 atom stereocenters. The molecule has 0 saturated heterocycles. The van der Waals surface area contributed by atoms with Crippen LogP contribution in [-0.4, -0.2) is 65.4 Å². The van der Waals surface area contributed by atoms with Gasteiger partial charge in [-0.3, -0.25) is 0 Å². The van der Waals surface area contributed by atoms with E-state index in [0.717, 1.165) is 5.75 Å². The maximum absolute atomic E-state index is 11.4. The number of carbonyl (C=O) groups is 2. The van der Waals surface area contributed by atoms with Crippen LogP contribution in [-0.2, 0) is 4.79 Å². The third-order valence-corrected chi connectivity index (χ3v) is 2.55. The van der Waals surface area contributed by atoms with Gasteiger partial charge in [-0.15, -0.1) is 0 Å². The second kappa shape index (κ2) is 8.23. The van der Waals surface area contributed by atoms with Crippen LogP contribution in [0.5, 0.6) is 0 Å². The Morgan fingerprint density at radius 1 is 1.50 bits per heavy atom. The molecular formula is C9H18N2O4S. The largest absolute Gasteiger partial charge is 0.479 e. The van der Waals surface area contributed by atoms with Crippen molar-refractivity contribution in [3.63, 3.8) is 0 Å². The Morgan fingerprint density at radius 2 is 2.12 bits per heavy atom. The Labute approximate surface area is 99.0 Å². The summed E-state index contributed by atoms with van der Waals surface area (Å²) in [5.74, 6) is -0.424. The summed E-state index contributed by atoms with van der Waals surface area (Å²) in [4.78, 5) is 23.2. The summed E-state index contributed by atoms with van der Waals surface area (Å²) in [6.45, 7) is 0.782. The maximum atomic E-state index is 11.4. The summed E-state index contributed by atoms with van der Waals surface area (Å²) >= 11 is 1.64. The molecule has 6 nitrogen and oxygen atoms in total. The second-order valence-corrected chi connectivity index (χ2v) is 4.27. The topological polar surface area (TPSA) is 89.9 Å². The van der Waals surface area contributed by atoms with Crippen LogP contribution in [0, 0.1) is 0 Å². The van der Waals surface area contributed by atoms with E-state index >= 15 is 0 Å². The van der Waals surface area contributed by atoms with Gasteiger partial charge in [-0.25, -0.2) is 9.59 Å². The lowest BCUT2D eigenvalue weighted by molar-refractivity contribution is -0.146. The van der Waals surface area contributed by atoms with Gasteiger partial charge in [0.1, 0.15) is 0 Å². The molecule has 0 spiro atoms. The van der Waals surface area contributed by atoms with Crippen molar-refractivity contribution >= 4 is 23.8 Å². The zero-order valence-electron chi connectivity index (χ0n) is 9.47. The van der Waals surface area contributed by atoms with Crippen LogP contribution in [0.15, 0.2) is 0 Å². The van der Waals surface area contributed by atoms with Crippen molar-refractivity contribution in [2.75, 3.05) is 32.1 Å². The van der Waals surface area contributed by atoms with E-state index in [4.69, 9.17) is 10.2 Å². The number of nitrogens with zero attached hydrogens (tertiary/aromatic N) is 1. The fourth-order valence-corrected chi connectivity index (χ4v) is 1.36. The number of nitrogens with one attached hydrogen (secondary N) is 1. The lowest BCUT2D eigenvalue weighted by atomic mass is 10.2. The number of carboxylic acids is 1. The summed E-state index contributed by atoms with van der Waals surface area (Å²) in [7, 11) is 1.67. The van der Waals surface area contributed by atoms with Crippen molar-refractivity contribution in [1.29, 1.82) is 0 Å². The van der Waals surface area contributed by atoms with Gasteiger partial charge in [-0.1, -0.05) is 0 Å². The van der Waals surface area contributed by atoms with E-state index in [2.05, 4.69) is 5.32 Å². The first-order valence-corrected chi connectivity index (χ1v) is 6.27. The molecule has 7 heteroatoms. The van der Waals surface area contributed by atoms with E-state index in [1.807, 2.05) is 6.26 Å². The van der Waals surface area contributed by atoms with Crippen molar-refractivity contribution in [3.05, 3.63) is 0 Å². The van der Waals surface area contributed by atoms with Crippen LogP contribution >= 0.6 is 11.8 Å². The van der Waals surface area contributed by atoms with Crippen molar-refractivity contribution in [2.24, 2.45) is 0 Å². The molecule has 1 unspecified atom stereocenters. The van der Waals surface area contributed by atoms with Crippen LogP contribution in [0.2, 0.25) is 0 Å². The van der Waals surface area contributed by atoms with Crippen LogP contribution in [0.3, 0.4) is 0 Å². The molecule has 0 aromatic rings. The van der Waals surface area contributed by atoms with Gasteiger partial charge in [0.25, 0.3) is 0 Å². The molecule has 0 heterocycles.